The molecule has 2 atom stereocenters. The summed E-state index contributed by atoms with van der Waals surface area (Å²) in [5.74, 6) is -0.0282. The Morgan fingerprint density at radius 3 is 2.55 bits per heavy atom. The van der Waals surface area contributed by atoms with Crippen LogP contribution < -0.4 is 15.5 Å². The number of carbonyl (C=O) groups excluding carboxylic acids is 1. The molecule has 2 aromatic rings. The van der Waals surface area contributed by atoms with E-state index < -0.39 is 0 Å². The predicted molar refractivity (Wildman–Crippen MR) is 138 cm³/mol. The summed E-state index contributed by atoms with van der Waals surface area (Å²) in [4.78, 5) is 17.5. The first-order valence-electron chi connectivity index (χ1n) is 11.8. The molecule has 2 N–H and O–H groups in total. The Morgan fingerprint density at radius 1 is 1.03 bits per heavy atom. The summed E-state index contributed by atoms with van der Waals surface area (Å²) >= 11 is 12.5. The van der Waals surface area contributed by atoms with E-state index in [0.717, 1.165) is 62.5 Å². The topological polar surface area (TPSA) is 47.6 Å². The first-order valence-corrected chi connectivity index (χ1v) is 12.5. The van der Waals surface area contributed by atoms with Crippen molar-refractivity contribution in [3.63, 3.8) is 0 Å². The molecular weight excluding hydrogens is 455 g/mol. The quantitative estimate of drug-likeness (QED) is 0.532. The van der Waals surface area contributed by atoms with Gasteiger partial charge in [0, 0.05) is 44.5 Å². The molecule has 2 unspecified atom stereocenters. The highest BCUT2D eigenvalue weighted by Crippen LogP contribution is 2.32. The number of anilines is 1. The molecule has 0 saturated carbocycles. The number of nitrogens with one attached hydrogen (secondary N) is 2. The number of piperazine rings is 1. The molecule has 2 aromatic carbocycles. The maximum Gasteiger partial charge on any atom is 0.229 e. The Morgan fingerprint density at radius 2 is 1.79 bits per heavy atom. The second-order valence-electron chi connectivity index (χ2n) is 8.80. The van der Waals surface area contributed by atoms with Crippen LogP contribution in [-0.4, -0.2) is 56.1 Å². The lowest BCUT2D eigenvalue weighted by molar-refractivity contribution is -0.123. The van der Waals surface area contributed by atoms with Crippen LogP contribution in [0.4, 0.5) is 5.69 Å². The van der Waals surface area contributed by atoms with Gasteiger partial charge in [-0.3, -0.25) is 9.69 Å². The van der Waals surface area contributed by atoms with Gasteiger partial charge in [0.1, 0.15) is 0 Å². The van der Waals surface area contributed by atoms with Crippen LogP contribution in [0.25, 0.3) is 5.70 Å². The summed E-state index contributed by atoms with van der Waals surface area (Å²) < 4.78 is 0. The first-order chi connectivity index (χ1) is 16.0. The fourth-order valence-corrected chi connectivity index (χ4v) is 4.96. The lowest BCUT2D eigenvalue weighted by Gasteiger charge is -2.36. The van der Waals surface area contributed by atoms with Crippen LogP contribution in [-0.2, 0) is 4.79 Å². The minimum atomic E-state index is -0.133. The van der Waals surface area contributed by atoms with Crippen molar-refractivity contribution in [1.29, 1.82) is 0 Å². The molecule has 0 aliphatic carbocycles. The van der Waals surface area contributed by atoms with Crippen LogP contribution in [0.15, 0.2) is 54.6 Å². The summed E-state index contributed by atoms with van der Waals surface area (Å²) in [6.07, 6.45) is 4.11. The van der Waals surface area contributed by atoms with Gasteiger partial charge in [-0.2, -0.15) is 0 Å². The average Bonchev–Trinajstić information content (AvgIpc) is 3.23. The lowest BCUT2D eigenvalue weighted by Crippen LogP contribution is -2.46. The van der Waals surface area contributed by atoms with Gasteiger partial charge in [-0.1, -0.05) is 59.6 Å². The highest BCUT2D eigenvalue weighted by atomic mass is 35.5. The highest BCUT2D eigenvalue weighted by Gasteiger charge is 2.29. The summed E-state index contributed by atoms with van der Waals surface area (Å²) in [5.41, 5.74) is 3.19. The van der Waals surface area contributed by atoms with Crippen molar-refractivity contribution < 1.29 is 4.79 Å². The zero-order valence-electron chi connectivity index (χ0n) is 19.1. The van der Waals surface area contributed by atoms with Crippen molar-refractivity contribution in [2.75, 3.05) is 44.2 Å². The van der Waals surface area contributed by atoms with Gasteiger partial charge in [0.2, 0.25) is 5.91 Å². The van der Waals surface area contributed by atoms with Gasteiger partial charge in [0.05, 0.1) is 21.7 Å². The van der Waals surface area contributed by atoms with E-state index in [9.17, 15) is 4.79 Å². The number of amides is 1. The van der Waals surface area contributed by atoms with Crippen molar-refractivity contribution in [2.24, 2.45) is 5.92 Å². The minimum absolute atomic E-state index is 0.101. The highest BCUT2D eigenvalue weighted by molar-refractivity contribution is 6.43. The van der Waals surface area contributed by atoms with E-state index >= 15 is 0 Å². The standard InChI is InChI=1S/C26H32Cl2N4O/c1-19-21(18-23(30-19)20-8-3-2-4-9-20)26(33)29-12-5-6-13-31-14-16-32(17-15-31)24-11-7-10-22(27)25(24)28/h2-4,7-11,18-19,21,30H,5-6,12-17H2,1H3,(H,29,33). The smallest absolute Gasteiger partial charge is 0.229 e. The van der Waals surface area contributed by atoms with Gasteiger partial charge < -0.3 is 15.5 Å². The number of rotatable bonds is 8. The Balaban J connectivity index is 1.15. The molecule has 2 aliphatic heterocycles. The predicted octanol–water partition coefficient (Wildman–Crippen LogP) is 4.66. The molecule has 1 fully saturated rings. The van der Waals surface area contributed by atoms with Crippen LogP contribution in [0.3, 0.4) is 0 Å². The van der Waals surface area contributed by atoms with Crippen molar-refractivity contribution in [2.45, 2.75) is 25.8 Å². The van der Waals surface area contributed by atoms with Crippen molar-refractivity contribution in [3.05, 3.63) is 70.2 Å². The number of carbonyl (C=O) groups is 1. The summed E-state index contributed by atoms with van der Waals surface area (Å²) in [5, 5.41) is 7.81. The zero-order valence-corrected chi connectivity index (χ0v) is 20.6. The van der Waals surface area contributed by atoms with Gasteiger partial charge in [0.25, 0.3) is 0 Å². The van der Waals surface area contributed by atoms with Gasteiger partial charge >= 0.3 is 0 Å². The van der Waals surface area contributed by atoms with E-state index in [1.165, 1.54) is 0 Å². The van der Waals surface area contributed by atoms with Crippen LogP contribution in [0.5, 0.6) is 0 Å². The van der Waals surface area contributed by atoms with Crippen LogP contribution in [0.1, 0.15) is 25.3 Å². The van der Waals surface area contributed by atoms with E-state index in [4.69, 9.17) is 23.2 Å². The Hall–Kier alpha value is -2.21. The molecule has 33 heavy (non-hydrogen) atoms. The summed E-state index contributed by atoms with van der Waals surface area (Å²) in [6, 6.07) is 16.1. The monoisotopic (exact) mass is 486 g/mol. The number of nitrogens with zero attached hydrogens (tertiary/aromatic N) is 2. The zero-order chi connectivity index (χ0) is 23.2. The molecule has 4 rings (SSSR count). The second kappa shape index (κ2) is 11.3. The van der Waals surface area contributed by atoms with Gasteiger partial charge in [-0.05, 0) is 50.1 Å². The molecule has 0 spiro atoms. The van der Waals surface area contributed by atoms with Gasteiger partial charge in [0.15, 0.2) is 0 Å². The molecular formula is C26H32Cl2N4O. The molecule has 2 aliphatic rings. The fraction of sp³-hybridized carbons (Fsp3) is 0.423. The second-order valence-corrected chi connectivity index (χ2v) is 9.59. The SMILES string of the molecule is CC1NC(c2ccccc2)=CC1C(=O)NCCCCN1CCN(c2cccc(Cl)c2Cl)CC1. The maximum atomic E-state index is 12.7. The van der Waals surface area contributed by atoms with Crippen molar-refractivity contribution >= 4 is 40.5 Å². The number of halogens is 2. The Kier molecular flexibility index (Phi) is 8.18. The average molecular weight is 487 g/mol. The minimum Gasteiger partial charge on any atom is -0.381 e. The normalized spacial score (nSPS) is 20.9. The van der Waals surface area contributed by atoms with Gasteiger partial charge in [-0.15, -0.1) is 0 Å². The van der Waals surface area contributed by atoms with E-state index in [2.05, 4.69) is 45.6 Å². The molecule has 2 heterocycles. The summed E-state index contributed by atoms with van der Waals surface area (Å²) in [7, 11) is 0. The van der Waals surface area contributed by atoms with E-state index in [1.54, 1.807) is 0 Å². The van der Waals surface area contributed by atoms with Crippen LogP contribution >= 0.6 is 23.2 Å². The molecule has 176 valence electrons. The third-order valence-corrected chi connectivity index (χ3v) is 7.31. The maximum absolute atomic E-state index is 12.7. The molecule has 0 radical (unpaired) electrons. The van der Waals surface area contributed by atoms with Crippen LogP contribution in [0, 0.1) is 5.92 Å². The lowest BCUT2D eigenvalue weighted by atomic mass is 10.0. The number of hydrogen-bond donors (Lipinski definition) is 2. The van der Waals surface area contributed by atoms with Crippen molar-refractivity contribution in [1.82, 2.24) is 15.5 Å². The molecule has 1 amide bonds. The molecule has 7 heteroatoms. The Labute approximate surface area is 206 Å². The first kappa shape index (κ1) is 23.9. The third-order valence-electron chi connectivity index (χ3n) is 6.50. The fourth-order valence-electron chi connectivity index (χ4n) is 4.55. The number of benzene rings is 2. The molecule has 1 saturated heterocycles. The summed E-state index contributed by atoms with van der Waals surface area (Å²) in [6.45, 7) is 7.73. The largest absolute Gasteiger partial charge is 0.381 e. The number of unbranched alkanes of at least 4 members (excludes halogenated alkanes) is 1. The number of hydrogen-bond acceptors (Lipinski definition) is 4. The molecule has 5 nitrogen and oxygen atoms in total. The third kappa shape index (κ3) is 6.03. The van der Waals surface area contributed by atoms with E-state index in [-0.39, 0.29) is 17.9 Å². The van der Waals surface area contributed by atoms with E-state index in [0.29, 0.717) is 16.6 Å². The van der Waals surface area contributed by atoms with Crippen LogP contribution in [0.2, 0.25) is 10.0 Å². The Bertz CT molecular complexity index is 974. The molecule has 0 bridgehead atoms. The molecule has 0 aromatic heterocycles. The van der Waals surface area contributed by atoms with Gasteiger partial charge in [-0.25, -0.2) is 0 Å². The van der Waals surface area contributed by atoms with E-state index in [1.807, 2.05) is 36.4 Å². The van der Waals surface area contributed by atoms with Crippen molar-refractivity contribution in [3.8, 4) is 0 Å².